The second kappa shape index (κ2) is 2.74. The number of halogens is 1. The second-order valence-corrected chi connectivity index (χ2v) is 3.06. The van der Waals surface area contributed by atoms with E-state index in [0.29, 0.717) is 15.9 Å². The molecule has 5 heteroatoms. The molecule has 0 fully saturated rings. The fourth-order valence-corrected chi connectivity index (χ4v) is 1.41. The number of fused-ring (bicyclic) bond motifs is 1. The number of aromatic nitrogens is 1. The van der Waals surface area contributed by atoms with E-state index in [1.165, 1.54) is 6.20 Å². The molecule has 66 valence electrons. The number of nitrogens with zero attached hydrogens (tertiary/aromatic N) is 1. The number of hydrogen-bond donors (Lipinski definition) is 1. The van der Waals surface area contributed by atoms with Crippen molar-refractivity contribution in [3.63, 3.8) is 0 Å². The number of hydrogen-bond acceptors (Lipinski definition) is 2. The van der Waals surface area contributed by atoms with Crippen molar-refractivity contribution in [1.29, 1.82) is 0 Å². The Balaban J connectivity index is 2.76. The summed E-state index contributed by atoms with van der Waals surface area (Å²) >= 11 is 5.72. The Hall–Kier alpha value is -1.55. The van der Waals surface area contributed by atoms with Gasteiger partial charge in [-0.2, -0.15) is 0 Å². The van der Waals surface area contributed by atoms with Crippen LogP contribution in [0.4, 0.5) is 5.69 Å². The van der Waals surface area contributed by atoms with Gasteiger partial charge in [-0.25, -0.2) is 0 Å². The van der Waals surface area contributed by atoms with Crippen LogP contribution in [0.2, 0.25) is 5.02 Å². The number of nitrogens with one attached hydrogen (secondary N) is 1. The summed E-state index contributed by atoms with van der Waals surface area (Å²) < 4.78 is 0. The summed E-state index contributed by atoms with van der Waals surface area (Å²) in [6.07, 6.45) is 1.36. The second-order valence-electron chi connectivity index (χ2n) is 2.62. The summed E-state index contributed by atoms with van der Waals surface area (Å²) in [6.45, 7) is 0. The van der Waals surface area contributed by atoms with E-state index in [1.807, 2.05) is 0 Å². The lowest BCUT2D eigenvalue weighted by atomic mass is 10.2. The minimum absolute atomic E-state index is 0.0756. The maximum Gasteiger partial charge on any atom is 0.294 e. The summed E-state index contributed by atoms with van der Waals surface area (Å²) in [4.78, 5) is 12.9. The summed E-state index contributed by atoms with van der Waals surface area (Å²) in [6, 6.07) is 4.92. The van der Waals surface area contributed by atoms with Gasteiger partial charge in [-0.05, 0) is 18.2 Å². The van der Waals surface area contributed by atoms with Gasteiger partial charge in [0.2, 0.25) is 0 Å². The molecule has 0 aliphatic carbocycles. The highest BCUT2D eigenvalue weighted by molar-refractivity contribution is 6.31. The molecule has 0 saturated carbocycles. The molecule has 13 heavy (non-hydrogen) atoms. The van der Waals surface area contributed by atoms with E-state index in [0.717, 1.165) is 0 Å². The van der Waals surface area contributed by atoms with Gasteiger partial charge in [-0.15, -0.1) is 0 Å². The van der Waals surface area contributed by atoms with Crippen molar-refractivity contribution >= 4 is 28.2 Å². The summed E-state index contributed by atoms with van der Waals surface area (Å²) in [5.41, 5.74) is 0.755. The van der Waals surface area contributed by atoms with E-state index in [-0.39, 0.29) is 5.69 Å². The Labute approximate surface area is 78.3 Å². The van der Waals surface area contributed by atoms with E-state index in [2.05, 4.69) is 4.98 Å². The number of rotatable bonds is 1. The molecular weight excluding hydrogens is 192 g/mol. The largest absolute Gasteiger partial charge is 0.355 e. The lowest BCUT2D eigenvalue weighted by Gasteiger charge is -1.90. The zero-order valence-corrected chi connectivity index (χ0v) is 7.21. The Morgan fingerprint density at radius 2 is 2.23 bits per heavy atom. The van der Waals surface area contributed by atoms with Gasteiger partial charge >= 0.3 is 0 Å². The van der Waals surface area contributed by atoms with Crippen LogP contribution < -0.4 is 0 Å². The number of aromatic amines is 1. The molecular formula is C8H5ClN2O2. The minimum atomic E-state index is -0.424. The summed E-state index contributed by atoms with van der Waals surface area (Å²) in [5, 5.41) is 11.7. The molecule has 0 spiro atoms. The van der Waals surface area contributed by atoms with E-state index in [4.69, 9.17) is 11.6 Å². The van der Waals surface area contributed by atoms with Crippen LogP contribution in [-0.2, 0) is 0 Å². The molecule has 0 bridgehead atoms. The molecule has 1 aromatic heterocycles. The monoisotopic (exact) mass is 196 g/mol. The molecule has 4 nitrogen and oxygen atoms in total. The van der Waals surface area contributed by atoms with Crippen LogP contribution in [0.3, 0.4) is 0 Å². The van der Waals surface area contributed by atoms with E-state index in [9.17, 15) is 10.1 Å². The molecule has 0 unspecified atom stereocenters. The molecule has 0 aliphatic heterocycles. The van der Waals surface area contributed by atoms with Gasteiger partial charge in [0.05, 0.1) is 22.0 Å². The van der Waals surface area contributed by atoms with Crippen LogP contribution in [-0.4, -0.2) is 9.91 Å². The van der Waals surface area contributed by atoms with Crippen molar-refractivity contribution < 1.29 is 4.92 Å². The molecule has 2 aromatic rings. The van der Waals surface area contributed by atoms with E-state index in [1.54, 1.807) is 18.2 Å². The van der Waals surface area contributed by atoms with Crippen LogP contribution in [0.5, 0.6) is 0 Å². The van der Waals surface area contributed by atoms with Crippen molar-refractivity contribution in [2.24, 2.45) is 0 Å². The highest BCUT2D eigenvalue weighted by Gasteiger charge is 2.12. The third-order valence-corrected chi connectivity index (χ3v) is 2.05. The molecule has 0 saturated heterocycles. The topological polar surface area (TPSA) is 58.9 Å². The Morgan fingerprint density at radius 3 is 2.92 bits per heavy atom. The van der Waals surface area contributed by atoms with Gasteiger partial charge in [0.15, 0.2) is 0 Å². The fraction of sp³-hybridized carbons (Fsp3) is 0. The van der Waals surface area contributed by atoms with Crippen molar-refractivity contribution in [2.45, 2.75) is 0 Å². The van der Waals surface area contributed by atoms with Crippen molar-refractivity contribution in [3.8, 4) is 0 Å². The molecule has 0 amide bonds. The lowest BCUT2D eigenvalue weighted by Crippen LogP contribution is -1.84. The van der Waals surface area contributed by atoms with Gasteiger partial charge < -0.3 is 4.98 Å². The van der Waals surface area contributed by atoms with Crippen LogP contribution in [0.25, 0.3) is 10.9 Å². The van der Waals surface area contributed by atoms with Gasteiger partial charge in [-0.3, -0.25) is 10.1 Å². The fourth-order valence-electron chi connectivity index (χ4n) is 1.23. The average molecular weight is 197 g/mol. The first-order valence-corrected chi connectivity index (χ1v) is 3.97. The molecule has 1 aromatic carbocycles. The highest BCUT2D eigenvalue weighted by atomic mass is 35.5. The normalized spacial score (nSPS) is 10.5. The Kier molecular flexibility index (Phi) is 1.70. The Bertz CT molecular complexity index is 478. The van der Waals surface area contributed by atoms with Gasteiger partial charge in [0.25, 0.3) is 5.69 Å². The van der Waals surface area contributed by atoms with Crippen molar-refractivity contribution in [2.75, 3.05) is 0 Å². The first kappa shape index (κ1) is 8.07. The average Bonchev–Trinajstić information content (AvgIpc) is 2.46. The number of benzene rings is 1. The van der Waals surface area contributed by atoms with Gasteiger partial charge in [0.1, 0.15) is 0 Å². The third kappa shape index (κ3) is 1.25. The van der Waals surface area contributed by atoms with Crippen molar-refractivity contribution in [3.05, 3.63) is 39.5 Å². The van der Waals surface area contributed by atoms with E-state index >= 15 is 0 Å². The maximum atomic E-state index is 10.5. The standard InChI is InChI=1S/C8H5ClN2O2/c9-5-1-2-6-7(3-5)10-4-8(6)11(12)13/h1-4,10H. The number of H-pyrrole nitrogens is 1. The molecule has 2 rings (SSSR count). The predicted molar refractivity (Wildman–Crippen MR) is 50.0 cm³/mol. The maximum absolute atomic E-state index is 10.5. The Morgan fingerprint density at radius 1 is 1.46 bits per heavy atom. The first-order valence-electron chi connectivity index (χ1n) is 3.59. The van der Waals surface area contributed by atoms with Gasteiger partial charge in [-0.1, -0.05) is 11.6 Å². The molecule has 0 atom stereocenters. The van der Waals surface area contributed by atoms with Crippen LogP contribution in [0, 0.1) is 10.1 Å². The SMILES string of the molecule is O=[N+]([O-])c1c[nH]c2cc(Cl)ccc12. The zero-order valence-electron chi connectivity index (χ0n) is 6.45. The molecule has 1 heterocycles. The molecule has 0 aliphatic rings. The van der Waals surface area contributed by atoms with Crippen LogP contribution >= 0.6 is 11.6 Å². The molecule has 1 N–H and O–H groups in total. The quantitative estimate of drug-likeness (QED) is 0.563. The lowest BCUT2D eigenvalue weighted by molar-refractivity contribution is -0.383. The van der Waals surface area contributed by atoms with Crippen LogP contribution in [0.1, 0.15) is 0 Å². The number of nitro groups is 1. The van der Waals surface area contributed by atoms with E-state index < -0.39 is 4.92 Å². The third-order valence-electron chi connectivity index (χ3n) is 1.82. The molecule has 0 radical (unpaired) electrons. The summed E-state index contributed by atoms with van der Waals surface area (Å²) in [7, 11) is 0. The van der Waals surface area contributed by atoms with Crippen molar-refractivity contribution in [1.82, 2.24) is 4.98 Å². The highest BCUT2D eigenvalue weighted by Crippen LogP contribution is 2.26. The smallest absolute Gasteiger partial charge is 0.294 e. The first-order chi connectivity index (χ1) is 6.18. The predicted octanol–water partition coefficient (Wildman–Crippen LogP) is 2.73. The minimum Gasteiger partial charge on any atom is -0.355 e. The van der Waals surface area contributed by atoms with Crippen LogP contribution in [0.15, 0.2) is 24.4 Å². The zero-order chi connectivity index (χ0) is 9.42. The van der Waals surface area contributed by atoms with Gasteiger partial charge in [0, 0.05) is 5.02 Å². The summed E-state index contributed by atoms with van der Waals surface area (Å²) in [5.74, 6) is 0.